The van der Waals surface area contributed by atoms with Gasteiger partial charge < -0.3 is 4.57 Å². The van der Waals surface area contributed by atoms with E-state index in [1.54, 1.807) is 0 Å². The molecule has 0 unspecified atom stereocenters. The van der Waals surface area contributed by atoms with Crippen LogP contribution in [-0.4, -0.2) is 9.55 Å². The van der Waals surface area contributed by atoms with E-state index in [1.807, 2.05) is 18.2 Å². The van der Waals surface area contributed by atoms with Crippen molar-refractivity contribution in [1.82, 2.24) is 9.55 Å². The molecule has 0 radical (unpaired) electrons. The van der Waals surface area contributed by atoms with Gasteiger partial charge in [0.15, 0.2) is 0 Å². The van der Waals surface area contributed by atoms with Crippen LogP contribution in [0, 0.1) is 6.92 Å². The van der Waals surface area contributed by atoms with Crippen LogP contribution < -0.4 is 0 Å². The second kappa shape index (κ2) is 3.74. The van der Waals surface area contributed by atoms with Crippen molar-refractivity contribution in [1.29, 1.82) is 0 Å². The van der Waals surface area contributed by atoms with E-state index in [0.717, 1.165) is 16.9 Å². The average molecular weight is 222 g/mol. The maximum absolute atomic E-state index is 4.68. The van der Waals surface area contributed by atoms with Gasteiger partial charge >= 0.3 is 0 Å². The van der Waals surface area contributed by atoms with Crippen LogP contribution in [0.2, 0.25) is 0 Å². The molecule has 0 aliphatic heterocycles. The summed E-state index contributed by atoms with van der Waals surface area (Å²) in [5.41, 5.74) is 4.65. The molecule has 0 bridgehead atoms. The lowest BCUT2D eigenvalue weighted by Crippen LogP contribution is -1.92. The summed E-state index contributed by atoms with van der Waals surface area (Å²) in [4.78, 5) is 4.68. The molecule has 2 heteroatoms. The Labute approximate surface area is 101 Å². The molecule has 0 fully saturated rings. The van der Waals surface area contributed by atoms with E-state index in [9.17, 15) is 0 Å². The minimum absolute atomic E-state index is 1.02. The zero-order valence-corrected chi connectivity index (χ0v) is 10.0. The molecule has 2 nitrogen and oxygen atoms in total. The molecule has 0 aliphatic rings. The van der Waals surface area contributed by atoms with Crippen LogP contribution in [0.3, 0.4) is 0 Å². The minimum atomic E-state index is 1.02. The number of hydrogen-bond donors (Lipinski definition) is 0. The molecule has 0 amide bonds. The van der Waals surface area contributed by atoms with E-state index in [2.05, 4.69) is 53.9 Å². The molecule has 17 heavy (non-hydrogen) atoms. The van der Waals surface area contributed by atoms with Crippen molar-refractivity contribution in [2.24, 2.45) is 7.05 Å². The van der Waals surface area contributed by atoms with Crippen LogP contribution >= 0.6 is 0 Å². The van der Waals surface area contributed by atoms with Gasteiger partial charge in [0.1, 0.15) is 5.82 Å². The highest BCUT2D eigenvalue weighted by Gasteiger charge is 2.08. The molecule has 3 rings (SSSR count). The fraction of sp³-hybridized carbons (Fsp3) is 0.133. The standard InChI is InChI=1S/C15H14N2/c1-11-7-9-12(10-8-11)15-16-13-5-3-4-6-14(13)17(15)2/h3-10H,1-2H3. The van der Waals surface area contributed by atoms with E-state index in [4.69, 9.17) is 0 Å². The van der Waals surface area contributed by atoms with Gasteiger partial charge in [-0.1, -0.05) is 42.0 Å². The summed E-state index contributed by atoms with van der Waals surface area (Å²) >= 11 is 0. The Bertz CT molecular complexity index is 663. The number of aryl methyl sites for hydroxylation is 2. The van der Waals surface area contributed by atoms with E-state index in [1.165, 1.54) is 11.1 Å². The Balaban J connectivity index is 2.24. The molecule has 1 heterocycles. The van der Waals surface area contributed by atoms with Gasteiger partial charge in [0.25, 0.3) is 0 Å². The lowest BCUT2D eigenvalue weighted by Gasteiger charge is -2.02. The Kier molecular flexibility index (Phi) is 2.22. The molecule has 0 atom stereocenters. The van der Waals surface area contributed by atoms with Crippen molar-refractivity contribution in [3.05, 3.63) is 54.1 Å². The topological polar surface area (TPSA) is 17.8 Å². The van der Waals surface area contributed by atoms with Crippen LogP contribution in [0.25, 0.3) is 22.4 Å². The molecule has 0 N–H and O–H groups in total. The zero-order chi connectivity index (χ0) is 11.8. The third-order valence-corrected chi connectivity index (χ3v) is 3.10. The van der Waals surface area contributed by atoms with Crippen LogP contribution in [0.15, 0.2) is 48.5 Å². The average Bonchev–Trinajstić information content (AvgIpc) is 2.69. The van der Waals surface area contributed by atoms with E-state index < -0.39 is 0 Å². The number of benzene rings is 2. The van der Waals surface area contributed by atoms with E-state index in [-0.39, 0.29) is 0 Å². The van der Waals surface area contributed by atoms with Gasteiger partial charge in [-0.3, -0.25) is 0 Å². The Morgan fingerprint density at radius 1 is 0.941 bits per heavy atom. The fourth-order valence-corrected chi connectivity index (χ4v) is 2.11. The third-order valence-electron chi connectivity index (χ3n) is 3.10. The van der Waals surface area contributed by atoms with Crippen LogP contribution in [0.1, 0.15) is 5.56 Å². The Morgan fingerprint density at radius 2 is 1.65 bits per heavy atom. The normalized spacial score (nSPS) is 10.9. The fourth-order valence-electron chi connectivity index (χ4n) is 2.11. The van der Waals surface area contributed by atoms with Gasteiger partial charge in [0.2, 0.25) is 0 Å². The highest BCUT2D eigenvalue weighted by molar-refractivity contribution is 5.80. The number of nitrogens with zero attached hydrogens (tertiary/aromatic N) is 2. The summed E-state index contributed by atoms with van der Waals surface area (Å²) in [6.45, 7) is 2.10. The summed E-state index contributed by atoms with van der Waals surface area (Å²) < 4.78 is 2.14. The molecule has 2 aromatic carbocycles. The van der Waals surface area contributed by atoms with Crippen LogP contribution in [-0.2, 0) is 7.05 Å². The Hall–Kier alpha value is -2.09. The van der Waals surface area contributed by atoms with Gasteiger partial charge in [-0.2, -0.15) is 0 Å². The molecule has 0 saturated carbocycles. The molecular weight excluding hydrogens is 208 g/mol. The van der Waals surface area contributed by atoms with Crippen molar-refractivity contribution in [3.63, 3.8) is 0 Å². The van der Waals surface area contributed by atoms with Crippen molar-refractivity contribution in [2.45, 2.75) is 6.92 Å². The van der Waals surface area contributed by atoms with Gasteiger partial charge in [0.05, 0.1) is 11.0 Å². The number of rotatable bonds is 1. The first-order valence-corrected chi connectivity index (χ1v) is 5.74. The first-order valence-electron chi connectivity index (χ1n) is 5.74. The first kappa shape index (κ1) is 10.1. The zero-order valence-electron chi connectivity index (χ0n) is 10.0. The molecule has 1 aromatic heterocycles. The van der Waals surface area contributed by atoms with Crippen molar-refractivity contribution >= 4 is 11.0 Å². The SMILES string of the molecule is Cc1ccc(-c2nc3ccccc3n2C)cc1. The predicted molar refractivity (Wildman–Crippen MR) is 70.9 cm³/mol. The summed E-state index contributed by atoms with van der Waals surface area (Å²) in [6, 6.07) is 16.7. The number of fused-ring (bicyclic) bond motifs is 1. The van der Waals surface area contributed by atoms with E-state index >= 15 is 0 Å². The molecular formula is C15H14N2. The first-order chi connectivity index (χ1) is 8.25. The maximum Gasteiger partial charge on any atom is 0.140 e. The van der Waals surface area contributed by atoms with Crippen molar-refractivity contribution < 1.29 is 0 Å². The molecule has 3 aromatic rings. The van der Waals surface area contributed by atoms with Crippen molar-refractivity contribution in [3.8, 4) is 11.4 Å². The summed E-state index contributed by atoms with van der Waals surface area (Å²) in [5, 5.41) is 0. The lowest BCUT2D eigenvalue weighted by molar-refractivity contribution is 0.959. The largest absolute Gasteiger partial charge is 0.327 e. The quantitative estimate of drug-likeness (QED) is 0.615. The molecule has 84 valence electrons. The van der Waals surface area contributed by atoms with Crippen LogP contribution in [0.4, 0.5) is 0 Å². The predicted octanol–water partition coefficient (Wildman–Crippen LogP) is 3.55. The number of aromatic nitrogens is 2. The smallest absolute Gasteiger partial charge is 0.140 e. The number of hydrogen-bond acceptors (Lipinski definition) is 1. The summed E-state index contributed by atoms with van der Waals surface area (Å²) in [5.74, 6) is 1.02. The lowest BCUT2D eigenvalue weighted by atomic mass is 10.1. The van der Waals surface area contributed by atoms with Gasteiger partial charge in [0, 0.05) is 12.6 Å². The van der Waals surface area contributed by atoms with Gasteiger partial charge in [-0.25, -0.2) is 4.98 Å². The number of imidazole rings is 1. The Morgan fingerprint density at radius 3 is 2.35 bits per heavy atom. The summed E-state index contributed by atoms with van der Waals surface area (Å²) in [6.07, 6.45) is 0. The molecule has 0 spiro atoms. The van der Waals surface area contributed by atoms with Crippen LogP contribution in [0.5, 0.6) is 0 Å². The second-order valence-corrected chi connectivity index (χ2v) is 4.35. The second-order valence-electron chi connectivity index (χ2n) is 4.35. The highest BCUT2D eigenvalue weighted by atomic mass is 15.1. The maximum atomic E-state index is 4.68. The number of para-hydroxylation sites is 2. The molecule has 0 saturated heterocycles. The third kappa shape index (κ3) is 1.62. The van der Waals surface area contributed by atoms with Gasteiger partial charge in [-0.15, -0.1) is 0 Å². The highest BCUT2D eigenvalue weighted by Crippen LogP contribution is 2.23. The monoisotopic (exact) mass is 222 g/mol. The summed E-state index contributed by atoms with van der Waals surface area (Å²) in [7, 11) is 2.06. The molecule has 0 aliphatic carbocycles. The minimum Gasteiger partial charge on any atom is -0.327 e. The van der Waals surface area contributed by atoms with Gasteiger partial charge in [-0.05, 0) is 19.1 Å². The van der Waals surface area contributed by atoms with E-state index in [0.29, 0.717) is 0 Å². The van der Waals surface area contributed by atoms with Crippen molar-refractivity contribution in [2.75, 3.05) is 0 Å².